The van der Waals surface area contributed by atoms with Gasteiger partial charge < -0.3 is 9.64 Å². The number of nitrogens with one attached hydrogen (secondary N) is 1. The largest absolute Gasteiger partial charge is 0.456 e. The second-order valence-corrected chi connectivity index (χ2v) is 13.5. The van der Waals surface area contributed by atoms with Crippen LogP contribution in [0.4, 0.5) is 5.69 Å². The maximum atomic E-state index is 13.3. The average molecular weight is 584 g/mol. The number of rotatable bonds is 7. The van der Waals surface area contributed by atoms with Crippen LogP contribution in [-0.2, 0) is 19.9 Å². The average Bonchev–Trinajstić information content (AvgIpc) is 2.86. The van der Waals surface area contributed by atoms with Gasteiger partial charge in [-0.3, -0.25) is 9.52 Å². The Hall–Kier alpha value is -2.79. The smallest absolute Gasteiger partial charge is 0.261 e. The number of piperidine rings is 1. The summed E-state index contributed by atoms with van der Waals surface area (Å²) in [6, 6.07) is 16.9. The van der Waals surface area contributed by atoms with Crippen LogP contribution in [0, 0.1) is 0 Å². The van der Waals surface area contributed by atoms with Crippen LogP contribution in [0.5, 0.6) is 11.5 Å². The van der Waals surface area contributed by atoms with Gasteiger partial charge in [0.15, 0.2) is 0 Å². The third-order valence-electron chi connectivity index (χ3n) is 5.99. The minimum absolute atomic E-state index is 0.0404. The molecular weight excluding hydrogens is 559 g/mol. The summed E-state index contributed by atoms with van der Waals surface area (Å²) in [7, 11) is -7.26. The lowest BCUT2D eigenvalue weighted by Gasteiger charge is -2.31. The van der Waals surface area contributed by atoms with Crippen molar-refractivity contribution in [3.63, 3.8) is 0 Å². The minimum Gasteiger partial charge on any atom is -0.456 e. The topological polar surface area (TPSA) is 110 Å². The summed E-state index contributed by atoms with van der Waals surface area (Å²) in [5, 5.41) is 0.179. The van der Waals surface area contributed by atoms with Crippen molar-refractivity contribution in [1.29, 1.82) is 0 Å². The van der Waals surface area contributed by atoms with Gasteiger partial charge in [0.25, 0.3) is 15.9 Å². The SMILES string of the molecule is CS(=O)(=O)C1CCN(C(=O)c2cc(Cl)ccc2NS(=O)(=O)c2ccc(Oc3ccccc3Cl)cc2)CC1. The number of carbonyl (C=O) groups excluding carboxylic acids is 1. The molecule has 3 aromatic rings. The number of para-hydroxylation sites is 1. The van der Waals surface area contributed by atoms with Gasteiger partial charge in [-0.15, -0.1) is 0 Å². The molecule has 1 aliphatic heterocycles. The van der Waals surface area contributed by atoms with Crippen molar-refractivity contribution in [3.05, 3.63) is 82.3 Å². The van der Waals surface area contributed by atoms with Crippen molar-refractivity contribution in [3.8, 4) is 11.5 Å². The molecular formula is C25H24Cl2N2O6S2. The van der Waals surface area contributed by atoms with Crippen LogP contribution in [0.25, 0.3) is 0 Å². The van der Waals surface area contributed by atoms with Crippen molar-refractivity contribution >= 4 is 54.7 Å². The molecule has 0 radical (unpaired) electrons. The van der Waals surface area contributed by atoms with Crippen LogP contribution in [0.2, 0.25) is 10.0 Å². The lowest BCUT2D eigenvalue weighted by Crippen LogP contribution is -2.42. The molecule has 1 N–H and O–H groups in total. The fraction of sp³-hybridized carbons (Fsp3) is 0.240. The van der Waals surface area contributed by atoms with Crippen LogP contribution < -0.4 is 9.46 Å². The third kappa shape index (κ3) is 6.56. The Morgan fingerprint density at radius 3 is 2.22 bits per heavy atom. The predicted molar refractivity (Wildman–Crippen MR) is 144 cm³/mol. The van der Waals surface area contributed by atoms with Gasteiger partial charge in [0.1, 0.15) is 21.3 Å². The number of carbonyl (C=O) groups is 1. The zero-order valence-electron chi connectivity index (χ0n) is 19.7. The Bertz CT molecular complexity index is 1520. The van der Waals surface area contributed by atoms with Gasteiger partial charge in [0, 0.05) is 24.4 Å². The van der Waals surface area contributed by atoms with Gasteiger partial charge in [-0.25, -0.2) is 16.8 Å². The third-order valence-corrected chi connectivity index (χ3v) is 9.60. The molecule has 0 spiro atoms. The number of sulfonamides is 1. The van der Waals surface area contributed by atoms with Gasteiger partial charge in [-0.2, -0.15) is 0 Å². The first-order valence-electron chi connectivity index (χ1n) is 11.3. The quantitative estimate of drug-likeness (QED) is 0.408. The lowest BCUT2D eigenvalue weighted by molar-refractivity contribution is 0.0727. The first kappa shape index (κ1) is 27.3. The fourth-order valence-electron chi connectivity index (χ4n) is 3.98. The molecule has 37 heavy (non-hydrogen) atoms. The molecule has 0 saturated carbocycles. The molecule has 0 aliphatic carbocycles. The molecule has 0 unspecified atom stereocenters. The normalized spacial score (nSPS) is 14.8. The van der Waals surface area contributed by atoms with E-state index in [1.54, 1.807) is 24.3 Å². The Kier molecular flexibility index (Phi) is 8.03. The number of halogens is 2. The maximum absolute atomic E-state index is 13.3. The zero-order valence-corrected chi connectivity index (χ0v) is 22.9. The van der Waals surface area contributed by atoms with Crippen LogP contribution in [0.3, 0.4) is 0 Å². The van der Waals surface area contributed by atoms with Crippen LogP contribution in [0.15, 0.2) is 71.6 Å². The van der Waals surface area contributed by atoms with E-state index in [0.717, 1.165) is 0 Å². The molecule has 3 aromatic carbocycles. The highest BCUT2D eigenvalue weighted by Gasteiger charge is 2.30. The first-order chi connectivity index (χ1) is 17.4. The van der Waals surface area contributed by atoms with Crippen LogP contribution in [-0.4, -0.2) is 52.2 Å². The molecule has 8 nitrogen and oxygen atoms in total. The molecule has 1 aliphatic rings. The number of sulfone groups is 1. The van der Waals surface area contributed by atoms with E-state index in [4.69, 9.17) is 27.9 Å². The number of hydrogen-bond acceptors (Lipinski definition) is 6. The summed E-state index contributed by atoms with van der Waals surface area (Å²) in [6.07, 6.45) is 1.82. The molecule has 1 amide bonds. The molecule has 1 fully saturated rings. The van der Waals surface area contributed by atoms with Gasteiger partial charge >= 0.3 is 0 Å². The van der Waals surface area contributed by atoms with Gasteiger partial charge in [-0.05, 0) is 67.4 Å². The highest BCUT2D eigenvalue weighted by atomic mass is 35.5. The summed E-state index contributed by atoms with van der Waals surface area (Å²) >= 11 is 12.2. The molecule has 0 bridgehead atoms. The molecule has 1 heterocycles. The first-order valence-corrected chi connectivity index (χ1v) is 15.5. The summed E-state index contributed by atoms with van der Waals surface area (Å²) in [4.78, 5) is 14.7. The molecule has 196 valence electrons. The number of anilines is 1. The lowest BCUT2D eigenvalue weighted by atomic mass is 10.1. The molecule has 0 aromatic heterocycles. The van der Waals surface area contributed by atoms with Gasteiger partial charge in [-0.1, -0.05) is 35.3 Å². The van der Waals surface area contributed by atoms with E-state index in [-0.39, 0.29) is 34.3 Å². The van der Waals surface area contributed by atoms with E-state index in [1.165, 1.54) is 53.6 Å². The van der Waals surface area contributed by atoms with Crippen molar-refractivity contribution < 1.29 is 26.4 Å². The number of likely N-dealkylation sites (tertiary alicyclic amines) is 1. The molecule has 1 saturated heterocycles. The molecule has 12 heteroatoms. The monoisotopic (exact) mass is 582 g/mol. The number of benzene rings is 3. The van der Waals surface area contributed by atoms with Gasteiger partial charge in [0.2, 0.25) is 0 Å². The van der Waals surface area contributed by atoms with Crippen molar-refractivity contribution in [2.45, 2.75) is 23.0 Å². The van der Waals surface area contributed by atoms with Crippen molar-refractivity contribution in [2.75, 3.05) is 24.1 Å². The standard InChI is InChI=1S/C25H24Cl2N2O6S2/c1-36(31,32)19-12-14-29(15-13-19)25(30)21-16-17(26)6-11-23(21)28-37(33,34)20-9-7-18(8-10-20)35-24-5-3-2-4-22(24)27/h2-11,16,19,28H,12-15H2,1H3. The number of nitrogens with zero attached hydrogens (tertiary/aromatic N) is 1. The highest BCUT2D eigenvalue weighted by Crippen LogP contribution is 2.31. The molecule has 0 atom stereocenters. The summed E-state index contributed by atoms with van der Waals surface area (Å²) in [5.74, 6) is 0.394. The van der Waals surface area contributed by atoms with Gasteiger partial charge in [0.05, 0.1) is 26.4 Å². The number of ether oxygens (including phenoxy) is 1. The summed E-state index contributed by atoms with van der Waals surface area (Å²) in [6.45, 7) is 0.477. The highest BCUT2D eigenvalue weighted by molar-refractivity contribution is 7.92. The van der Waals surface area contributed by atoms with Crippen molar-refractivity contribution in [2.24, 2.45) is 0 Å². The minimum atomic E-state index is -4.06. The van der Waals surface area contributed by atoms with E-state index in [0.29, 0.717) is 29.4 Å². The Morgan fingerprint density at radius 1 is 0.946 bits per heavy atom. The second kappa shape index (κ2) is 10.9. The Balaban J connectivity index is 1.52. The number of hydrogen-bond donors (Lipinski definition) is 1. The summed E-state index contributed by atoms with van der Waals surface area (Å²) in [5.41, 5.74) is 0.142. The maximum Gasteiger partial charge on any atom is 0.261 e. The number of amides is 1. The van der Waals surface area contributed by atoms with E-state index in [1.807, 2.05) is 0 Å². The molecule has 4 rings (SSSR count). The second-order valence-electron chi connectivity index (χ2n) is 8.62. The van der Waals surface area contributed by atoms with Crippen LogP contribution >= 0.6 is 23.2 Å². The fourth-order valence-corrected chi connectivity index (χ4v) is 6.48. The summed E-state index contributed by atoms with van der Waals surface area (Å²) < 4.78 is 58.1. The Labute approximate surface area is 226 Å². The van der Waals surface area contributed by atoms with E-state index in [2.05, 4.69) is 4.72 Å². The predicted octanol–water partition coefficient (Wildman–Crippen LogP) is 5.24. The van der Waals surface area contributed by atoms with E-state index >= 15 is 0 Å². The van der Waals surface area contributed by atoms with E-state index in [9.17, 15) is 21.6 Å². The van der Waals surface area contributed by atoms with E-state index < -0.39 is 31.0 Å². The zero-order chi connectivity index (χ0) is 26.8. The Morgan fingerprint density at radius 2 is 1.59 bits per heavy atom. The van der Waals surface area contributed by atoms with Crippen LogP contribution in [0.1, 0.15) is 23.2 Å². The van der Waals surface area contributed by atoms with Crippen molar-refractivity contribution in [1.82, 2.24) is 4.90 Å².